The van der Waals surface area contributed by atoms with Crippen LogP contribution in [-0.4, -0.2) is 46.9 Å². The third-order valence-corrected chi connectivity index (χ3v) is 8.21. The first-order chi connectivity index (χ1) is 19.8. The van der Waals surface area contributed by atoms with Crippen LogP contribution < -0.4 is 20.3 Å². The Hall–Kier alpha value is -4.77. The van der Waals surface area contributed by atoms with E-state index in [-0.39, 0.29) is 18.5 Å². The molecule has 0 radical (unpaired) electrons. The smallest absolute Gasteiger partial charge is 0.331 e. The van der Waals surface area contributed by atoms with E-state index in [1.807, 2.05) is 49.4 Å². The van der Waals surface area contributed by atoms with E-state index in [9.17, 15) is 18.8 Å². The molecule has 0 spiro atoms. The molecule has 0 unspecified atom stereocenters. The van der Waals surface area contributed by atoms with Gasteiger partial charge in [0, 0.05) is 25.3 Å². The Labute approximate surface area is 239 Å². The zero-order valence-corrected chi connectivity index (χ0v) is 23.0. The molecular formula is C30H26FN5O4S. The number of ether oxygens (including phenoxy) is 1. The Bertz CT molecular complexity index is 1710. The lowest BCUT2D eigenvalue weighted by molar-refractivity contribution is -0.129. The largest absolute Gasteiger partial charge is 0.457 e. The number of nitrogens with zero attached hydrogens (tertiary/aromatic N) is 3. The lowest BCUT2D eigenvalue weighted by Gasteiger charge is -2.33. The van der Waals surface area contributed by atoms with Gasteiger partial charge in [-0.1, -0.05) is 24.8 Å². The number of urea groups is 1. The van der Waals surface area contributed by atoms with Crippen molar-refractivity contribution in [1.29, 1.82) is 0 Å². The summed E-state index contributed by atoms with van der Waals surface area (Å²) in [4.78, 5) is 47.3. The standard InChI is InChI=1S/C30H26FN5O4S/c1-17-15-21(40-20-8-4-3-5-9-20)10-11-22(17)36-23-12-13-32-28-24(23)25(34-30(36)39)26(41-28)27(37)33-19-7-6-14-35(16-19)29(38)18(2)31/h3-5,8-13,15,19H,2,6-7,14,16H2,1H3,(H,33,37)(H,34,39)/t19-/m1/s1. The summed E-state index contributed by atoms with van der Waals surface area (Å²) in [6.45, 7) is 5.57. The molecule has 2 N–H and O–H groups in total. The topological polar surface area (TPSA) is 104 Å². The van der Waals surface area contributed by atoms with Crippen LogP contribution in [0.5, 0.6) is 11.5 Å². The van der Waals surface area contributed by atoms with Gasteiger partial charge in [-0.2, -0.15) is 0 Å². The number of carbonyl (C=O) groups is 3. The normalized spacial score (nSPS) is 16.3. The molecule has 41 heavy (non-hydrogen) atoms. The molecule has 9 nitrogen and oxygen atoms in total. The van der Waals surface area contributed by atoms with Gasteiger partial charge in [-0.25, -0.2) is 14.2 Å². The van der Waals surface area contributed by atoms with Crippen LogP contribution in [0, 0.1) is 6.92 Å². The molecule has 2 aromatic carbocycles. The number of likely N-dealkylation sites (tertiary alicyclic amines) is 1. The number of halogens is 1. The van der Waals surface area contributed by atoms with Crippen molar-refractivity contribution in [3.8, 4) is 11.5 Å². The van der Waals surface area contributed by atoms with Gasteiger partial charge in [0.2, 0.25) is 0 Å². The van der Waals surface area contributed by atoms with E-state index in [1.54, 1.807) is 23.2 Å². The first-order valence-electron chi connectivity index (χ1n) is 13.1. The summed E-state index contributed by atoms with van der Waals surface area (Å²) in [5, 5.41) is 6.52. The molecule has 1 saturated heterocycles. The predicted octanol–water partition coefficient (Wildman–Crippen LogP) is 6.28. The van der Waals surface area contributed by atoms with Gasteiger partial charge in [-0.05, 0) is 61.7 Å². The van der Waals surface area contributed by atoms with Gasteiger partial charge < -0.3 is 20.3 Å². The number of aryl methyl sites for hydroxylation is 1. The highest BCUT2D eigenvalue weighted by Crippen LogP contribution is 2.46. The quantitative estimate of drug-likeness (QED) is 0.265. The van der Waals surface area contributed by atoms with E-state index in [0.717, 1.165) is 5.56 Å². The van der Waals surface area contributed by atoms with E-state index >= 15 is 0 Å². The molecule has 0 saturated carbocycles. The summed E-state index contributed by atoms with van der Waals surface area (Å²) < 4.78 is 19.3. The fourth-order valence-electron chi connectivity index (χ4n) is 5.25. The number of aromatic nitrogens is 1. The maximum Gasteiger partial charge on any atom is 0.331 e. The first kappa shape index (κ1) is 26.5. The van der Waals surface area contributed by atoms with Gasteiger partial charge in [0.15, 0.2) is 5.83 Å². The van der Waals surface area contributed by atoms with Gasteiger partial charge in [-0.3, -0.25) is 14.5 Å². The van der Waals surface area contributed by atoms with Crippen molar-refractivity contribution in [3.05, 3.63) is 83.6 Å². The van der Waals surface area contributed by atoms with Gasteiger partial charge in [-0.15, -0.1) is 11.3 Å². The molecule has 0 bridgehead atoms. The molecule has 4 heterocycles. The number of nitrogens with one attached hydrogen (secondary N) is 2. The monoisotopic (exact) mass is 571 g/mol. The lowest BCUT2D eigenvalue weighted by Crippen LogP contribution is -2.49. The number of thiophene rings is 1. The molecule has 2 aliphatic rings. The maximum atomic E-state index is 13.5. The summed E-state index contributed by atoms with van der Waals surface area (Å²) in [6.07, 6.45) is 2.87. The number of hydrogen-bond acceptors (Lipinski definition) is 6. The highest BCUT2D eigenvalue weighted by atomic mass is 32.1. The van der Waals surface area contributed by atoms with Crippen molar-refractivity contribution in [2.24, 2.45) is 0 Å². The number of benzene rings is 2. The second-order valence-electron chi connectivity index (χ2n) is 9.91. The number of rotatable bonds is 6. The fraction of sp³-hybridized carbons (Fsp3) is 0.200. The Morgan fingerprint density at radius 1 is 1.15 bits per heavy atom. The first-order valence-corrected chi connectivity index (χ1v) is 13.9. The van der Waals surface area contributed by atoms with Gasteiger partial charge >= 0.3 is 6.03 Å². The summed E-state index contributed by atoms with van der Waals surface area (Å²) in [5.41, 5.74) is 2.50. The molecular weight excluding hydrogens is 545 g/mol. The molecule has 6 rings (SSSR count). The molecule has 2 aromatic heterocycles. The van der Waals surface area contributed by atoms with Crippen molar-refractivity contribution < 1.29 is 23.5 Å². The van der Waals surface area contributed by atoms with E-state index in [0.29, 0.717) is 63.0 Å². The van der Waals surface area contributed by atoms with E-state index in [2.05, 4.69) is 22.2 Å². The molecule has 1 fully saturated rings. The highest BCUT2D eigenvalue weighted by Gasteiger charge is 2.34. The highest BCUT2D eigenvalue weighted by molar-refractivity contribution is 7.21. The summed E-state index contributed by atoms with van der Waals surface area (Å²) >= 11 is 1.18. The van der Waals surface area contributed by atoms with Crippen LogP contribution in [0.25, 0.3) is 10.2 Å². The minimum absolute atomic E-state index is 0.181. The second kappa shape index (κ2) is 10.7. The van der Waals surface area contributed by atoms with Gasteiger partial charge in [0.05, 0.1) is 22.4 Å². The molecule has 2 aliphatic heterocycles. The Morgan fingerprint density at radius 2 is 1.95 bits per heavy atom. The Morgan fingerprint density at radius 3 is 2.71 bits per heavy atom. The van der Waals surface area contributed by atoms with E-state index < -0.39 is 17.8 Å². The van der Waals surface area contributed by atoms with Crippen LogP contribution >= 0.6 is 11.3 Å². The van der Waals surface area contributed by atoms with Crippen LogP contribution in [-0.2, 0) is 4.79 Å². The fourth-order valence-corrected chi connectivity index (χ4v) is 6.27. The second-order valence-corrected chi connectivity index (χ2v) is 10.9. The molecule has 0 aliphatic carbocycles. The van der Waals surface area contributed by atoms with Crippen molar-refractivity contribution in [3.63, 3.8) is 0 Å². The minimum Gasteiger partial charge on any atom is -0.457 e. The number of carbonyl (C=O) groups excluding carboxylic acids is 3. The van der Waals surface area contributed by atoms with E-state index in [1.165, 1.54) is 16.2 Å². The number of para-hydroxylation sites is 1. The summed E-state index contributed by atoms with van der Waals surface area (Å²) in [7, 11) is 0. The average molecular weight is 572 g/mol. The van der Waals surface area contributed by atoms with Crippen LogP contribution in [0.1, 0.15) is 28.1 Å². The van der Waals surface area contributed by atoms with Crippen LogP contribution in [0.3, 0.4) is 0 Å². The average Bonchev–Trinajstić information content (AvgIpc) is 3.33. The van der Waals surface area contributed by atoms with Crippen molar-refractivity contribution in [2.45, 2.75) is 25.8 Å². The summed E-state index contributed by atoms with van der Waals surface area (Å²) in [5.74, 6) is -0.828. The van der Waals surface area contributed by atoms with Crippen molar-refractivity contribution >= 4 is 56.5 Å². The van der Waals surface area contributed by atoms with Crippen LogP contribution in [0.2, 0.25) is 0 Å². The maximum absolute atomic E-state index is 13.5. The van der Waals surface area contributed by atoms with Gasteiger partial charge in [0.1, 0.15) is 21.2 Å². The zero-order valence-electron chi connectivity index (χ0n) is 22.1. The number of anilines is 3. The SMILES string of the molecule is C=C(F)C(=O)N1CCC[C@@H](NC(=O)c2sc3nccc4c3c2NC(=O)N4c2ccc(Oc3ccccc3)cc2C)C1. The molecule has 4 amide bonds. The predicted molar refractivity (Wildman–Crippen MR) is 156 cm³/mol. The molecule has 4 aromatic rings. The number of hydrogen-bond donors (Lipinski definition) is 2. The van der Waals surface area contributed by atoms with Gasteiger partial charge in [0.25, 0.3) is 11.8 Å². The third kappa shape index (κ3) is 5.00. The number of amides is 4. The lowest BCUT2D eigenvalue weighted by atomic mass is 10.0. The Kier molecular flexibility index (Phi) is 6.88. The summed E-state index contributed by atoms with van der Waals surface area (Å²) in [6, 6.07) is 15.9. The Balaban J connectivity index is 1.28. The number of pyridine rings is 1. The van der Waals surface area contributed by atoms with Crippen molar-refractivity contribution in [2.75, 3.05) is 23.3 Å². The molecule has 11 heteroatoms. The zero-order chi connectivity index (χ0) is 28.7. The van der Waals surface area contributed by atoms with E-state index in [4.69, 9.17) is 4.74 Å². The third-order valence-electron chi connectivity index (χ3n) is 7.12. The molecule has 1 atom stereocenters. The van der Waals surface area contributed by atoms with Crippen LogP contribution in [0.15, 0.2) is 73.2 Å². The van der Waals surface area contributed by atoms with Crippen LogP contribution in [0.4, 0.5) is 26.2 Å². The van der Waals surface area contributed by atoms with Crippen molar-refractivity contribution in [1.82, 2.24) is 15.2 Å². The molecule has 208 valence electrons. The number of piperidine rings is 1. The minimum atomic E-state index is -1.02.